The zero-order valence-electron chi connectivity index (χ0n) is 19.8. The molecule has 1 unspecified atom stereocenters. The Morgan fingerprint density at radius 1 is 0.917 bits per heavy atom. The molecule has 1 atom stereocenters. The molecule has 1 aromatic heterocycles. The van der Waals surface area contributed by atoms with Gasteiger partial charge in [0.2, 0.25) is 5.91 Å². The maximum absolute atomic E-state index is 13.8. The molecule has 0 radical (unpaired) electrons. The number of nitrogens with one attached hydrogen (secondary N) is 1. The van der Waals surface area contributed by atoms with Crippen molar-refractivity contribution in [3.63, 3.8) is 0 Å². The first-order chi connectivity index (χ1) is 17.5. The molecule has 0 fully saturated rings. The normalized spacial score (nSPS) is 11.4. The van der Waals surface area contributed by atoms with E-state index in [1.165, 1.54) is 29.2 Å². The van der Waals surface area contributed by atoms with Gasteiger partial charge in [0.25, 0.3) is 5.91 Å². The summed E-state index contributed by atoms with van der Waals surface area (Å²) in [6, 6.07) is 24.5. The predicted octanol–water partition coefficient (Wildman–Crippen LogP) is 5.18. The molecular formula is C29H26FN3O3. The van der Waals surface area contributed by atoms with E-state index in [9.17, 15) is 14.0 Å². The highest BCUT2D eigenvalue weighted by molar-refractivity contribution is 5.98. The molecule has 7 heteroatoms. The quantitative estimate of drug-likeness (QED) is 0.356. The van der Waals surface area contributed by atoms with Crippen molar-refractivity contribution >= 4 is 17.5 Å². The van der Waals surface area contributed by atoms with Gasteiger partial charge in [-0.25, -0.2) is 4.39 Å². The van der Waals surface area contributed by atoms with Gasteiger partial charge in [0.15, 0.2) is 0 Å². The Labute approximate surface area is 209 Å². The SMILES string of the molecule is COc1ccc(NC(=O)C(c2ccc(F)cc2)N(Cc2cccnc2)C(=O)Cc2ccccc2)cc1. The van der Waals surface area contributed by atoms with E-state index in [-0.39, 0.29) is 18.9 Å². The summed E-state index contributed by atoms with van der Waals surface area (Å²) in [5.41, 5.74) is 2.63. The molecule has 6 nitrogen and oxygen atoms in total. The molecule has 0 spiro atoms. The summed E-state index contributed by atoms with van der Waals surface area (Å²) in [5.74, 6) is -0.442. The van der Waals surface area contributed by atoms with Gasteiger partial charge in [-0.2, -0.15) is 0 Å². The average Bonchev–Trinajstić information content (AvgIpc) is 2.91. The first-order valence-electron chi connectivity index (χ1n) is 11.5. The number of nitrogens with zero attached hydrogens (tertiary/aromatic N) is 2. The van der Waals surface area contributed by atoms with Crippen molar-refractivity contribution in [1.29, 1.82) is 0 Å². The second kappa shape index (κ2) is 11.8. The lowest BCUT2D eigenvalue weighted by Crippen LogP contribution is -2.41. The number of hydrogen-bond donors (Lipinski definition) is 1. The molecule has 0 saturated carbocycles. The summed E-state index contributed by atoms with van der Waals surface area (Å²) >= 11 is 0. The highest BCUT2D eigenvalue weighted by Crippen LogP contribution is 2.27. The Hall–Kier alpha value is -4.52. The number of aromatic nitrogens is 1. The molecule has 3 aromatic carbocycles. The fourth-order valence-corrected chi connectivity index (χ4v) is 3.89. The lowest BCUT2D eigenvalue weighted by Gasteiger charge is -2.31. The van der Waals surface area contributed by atoms with Gasteiger partial charge in [-0.3, -0.25) is 14.6 Å². The molecule has 1 N–H and O–H groups in total. The highest BCUT2D eigenvalue weighted by Gasteiger charge is 2.32. The molecule has 0 bridgehead atoms. The number of pyridine rings is 1. The van der Waals surface area contributed by atoms with E-state index < -0.39 is 17.8 Å². The van der Waals surface area contributed by atoms with Crippen LogP contribution in [0, 0.1) is 5.82 Å². The Morgan fingerprint density at radius 3 is 2.25 bits per heavy atom. The maximum atomic E-state index is 13.8. The van der Waals surface area contributed by atoms with Crippen molar-refractivity contribution in [1.82, 2.24) is 9.88 Å². The fourth-order valence-electron chi connectivity index (χ4n) is 3.89. The fraction of sp³-hybridized carbons (Fsp3) is 0.138. The molecule has 0 saturated heterocycles. The predicted molar refractivity (Wildman–Crippen MR) is 136 cm³/mol. The van der Waals surface area contributed by atoms with Gasteiger partial charge in [-0.1, -0.05) is 48.5 Å². The third-order valence-electron chi connectivity index (χ3n) is 5.70. The number of hydrogen-bond acceptors (Lipinski definition) is 4. The van der Waals surface area contributed by atoms with Crippen molar-refractivity contribution in [3.05, 3.63) is 126 Å². The number of carbonyl (C=O) groups excluding carboxylic acids is 2. The second-order valence-corrected chi connectivity index (χ2v) is 8.22. The van der Waals surface area contributed by atoms with Crippen LogP contribution in [0.1, 0.15) is 22.7 Å². The zero-order chi connectivity index (χ0) is 25.3. The molecule has 4 rings (SSSR count). The number of anilines is 1. The van der Waals surface area contributed by atoms with E-state index in [0.717, 1.165) is 11.1 Å². The van der Waals surface area contributed by atoms with Crippen molar-refractivity contribution in [2.45, 2.75) is 19.0 Å². The molecule has 4 aromatic rings. The third kappa shape index (κ3) is 6.33. The number of methoxy groups -OCH3 is 1. The van der Waals surface area contributed by atoms with Gasteiger partial charge in [0.05, 0.1) is 13.5 Å². The van der Waals surface area contributed by atoms with Crippen LogP contribution in [0.25, 0.3) is 0 Å². The molecule has 0 aliphatic rings. The van der Waals surface area contributed by atoms with Gasteiger partial charge in [-0.15, -0.1) is 0 Å². The van der Waals surface area contributed by atoms with Crippen LogP contribution < -0.4 is 10.1 Å². The summed E-state index contributed by atoms with van der Waals surface area (Å²) in [4.78, 5) is 33.0. The minimum Gasteiger partial charge on any atom is -0.497 e. The first-order valence-corrected chi connectivity index (χ1v) is 11.5. The smallest absolute Gasteiger partial charge is 0.251 e. The lowest BCUT2D eigenvalue weighted by molar-refractivity contribution is -0.139. The largest absolute Gasteiger partial charge is 0.497 e. The average molecular weight is 484 g/mol. The van der Waals surface area contributed by atoms with Gasteiger partial charge in [-0.05, 0) is 59.2 Å². The highest BCUT2D eigenvalue weighted by atomic mass is 19.1. The van der Waals surface area contributed by atoms with Crippen LogP contribution in [0.4, 0.5) is 10.1 Å². The van der Waals surface area contributed by atoms with E-state index in [4.69, 9.17) is 4.74 Å². The number of amides is 2. The van der Waals surface area contributed by atoms with Gasteiger partial charge >= 0.3 is 0 Å². The first kappa shape index (κ1) is 24.6. The number of carbonyl (C=O) groups is 2. The van der Waals surface area contributed by atoms with E-state index >= 15 is 0 Å². The topological polar surface area (TPSA) is 71.5 Å². The van der Waals surface area contributed by atoms with Crippen LogP contribution in [0.2, 0.25) is 0 Å². The summed E-state index contributed by atoms with van der Waals surface area (Å²) in [7, 11) is 1.56. The Morgan fingerprint density at radius 2 is 1.61 bits per heavy atom. The van der Waals surface area contributed by atoms with Crippen molar-refractivity contribution in [2.24, 2.45) is 0 Å². The van der Waals surface area contributed by atoms with Crippen molar-refractivity contribution in [2.75, 3.05) is 12.4 Å². The number of halogens is 1. The summed E-state index contributed by atoms with van der Waals surface area (Å²) in [6.45, 7) is 0.150. The molecular weight excluding hydrogens is 457 g/mol. The van der Waals surface area contributed by atoms with Crippen molar-refractivity contribution < 1.29 is 18.7 Å². The zero-order valence-corrected chi connectivity index (χ0v) is 19.8. The molecule has 1 heterocycles. The Balaban J connectivity index is 1.71. The van der Waals surface area contributed by atoms with Crippen LogP contribution in [-0.4, -0.2) is 28.8 Å². The summed E-state index contributed by atoms with van der Waals surface area (Å²) in [6.07, 6.45) is 3.41. The van der Waals surface area contributed by atoms with Crippen LogP contribution in [0.15, 0.2) is 103 Å². The van der Waals surface area contributed by atoms with E-state index in [1.54, 1.807) is 49.8 Å². The van der Waals surface area contributed by atoms with Crippen LogP contribution in [-0.2, 0) is 22.6 Å². The van der Waals surface area contributed by atoms with Crippen LogP contribution in [0.5, 0.6) is 5.75 Å². The van der Waals surface area contributed by atoms with Gasteiger partial charge < -0.3 is 15.0 Å². The number of ether oxygens (including phenoxy) is 1. The summed E-state index contributed by atoms with van der Waals surface area (Å²) < 4.78 is 19.0. The van der Waals surface area contributed by atoms with Gasteiger partial charge in [0.1, 0.15) is 17.6 Å². The lowest BCUT2D eigenvalue weighted by atomic mass is 10.0. The summed E-state index contributed by atoms with van der Waals surface area (Å²) in [5, 5.41) is 2.89. The Kier molecular flexibility index (Phi) is 8.03. The minimum atomic E-state index is -1.01. The van der Waals surface area contributed by atoms with Gasteiger partial charge in [0, 0.05) is 24.6 Å². The third-order valence-corrected chi connectivity index (χ3v) is 5.70. The minimum absolute atomic E-state index is 0.106. The standard InChI is InChI=1S/C29H26FN3O3/c1-36-26-15-13-25(14-16-26)32-29(35)28(23-9-11-24(30)12-10-23)33(20-22-8-5-17-31-19-22)27(34)18-21-6-3-2-4-7-21/h2-17,19,28H,18,20H2,1H3,(H,32,35). The van der Waals surface area contributed by atoms with Crippen LogP contribution >= 0.6 is 0 Å². The van der Waals surface area contributed by atoms with E-state index in [0.29, 0.717) is 17.0 Å². The second-order valence-electron chi connectivity index (χ2n) is 8.22. The monoisotopic (exact) mass is 483 g/mol. The maximum Gasteiger partial charge on any atom is 0.251 e. The molecule has 2 amide bonds. The molecule has 0 aliphatic heterocycles. The van der Waals surface area contributed by atoms with E-state index in [2.05, 4.69) is 10.3 Å². The number of rotatable bonds is 9. The van der Waals surface area contributed by atoms with E-state index in [1.807, 2.05) is 36.4 Å². The number of benzene rings is 3. The Bertz CT molecular complexity index is 1280. The molecule has 0 aliphatic carbocycles. The molecule has 36 heavy (non-hydrogen) atoms. The van der Waals surface area contributed by atoms with Crippen molar-refractivity contribution in [3.8, 4) is 5.75 Å². The molecule has 182 valence electrons. The van der Waals surface area contributed by atoms with Crippen LogP contribution in [0.3, 0.4) is 0 Å².